The van der Waals surface area contributed by atoms with Gasteiger partial charge in [-0.2, -0.15) is 0 Å². The van der Waals surface area contributed by atoms with Crippen molar-refractivity contribution >= 4 is 17.5 Å². The summed E-state index contributed by atoms with van der Waals surface area (Å²) < 4.78 is 16.7. The number of rotatable bonds is 7. The Bertz CT molecular complexity index is 711. The summed E-state index contributed by atoms with van der Waals surface area (Å²) in [7, 11) is 0. The van der Waals surface area contributed by atoms with Crippen LogP contribution >= 0.6 is 11.6 Å². The fourth-order valence-electron chi connectivity index (χ4n) is 2.87. The highest BCUT2D eigenvalue weighted by Gasteiger charge is 2.25. The molecule has 1 aliphatic rings. The number of halogens is 1. The van der Waals surface area contributed by atoms with Crippen molar-refractivity contribution in [2.24, 2.45) is 0 Å². The van der Waals surface area contributed by atoms with Gasteiger partial charge < -0.3 is 19.2 Å². The zero-order valence-corrected chi connectivity index (χ0v) is 15.5. The molecule has 6 nitrogen and oxygen atoms in total. The molecule has 1 saturated heterocycles. The highest BCUT2D eigenvalue weighted by Crippen LogP contribution is 2.23. The average Bonchev–Trinajstić information content (AvgIpc) is 3.08. The first kappa shape index (κ1) is 18.8. The number of aryl methyl sites for hydroxylation is 1. The summed E-state index contributed by atoms with van der Waals surface area (Å²) >= 11 is 5.84. The van der Waals surface area contributed by atoms with Crippen LogP contribution in [0.1, 0.15) is 17.6 Å². The summed E-state index contributed by atoms with van der Waals surface area (Å²) in [6.07, 6.45) is 0. The number of furan rings is 1. The average molecular weight is 379 g/mol. The van der Waals surface area contributed by atoms with Crippen molar-refractivity contribution in [1.82, 2.24) is 10.2 Å². The molecular weight excluding hydrogens is 356 g/mol. The molecule has 1 aromatic heterocycles. The number of nitrogens with zero attached hydrogens (tertiary/aromatic N) is 1. The van der Waals surface area contributed by atoms with Gasteiger partial charge >= 0.3 is 0 Å². The van der Waals surface area contributed by atoms with Crippen molar-refractivity contribution in [3.63, 3.8) is 0 Å². The van der Waals surface area contributed by atoms with Gasteiger partial charge in [0.25, 0.3) is 5.91 Å². The molecule has 0 radical (unpaired) electrons. The van der Waals surface area contributed by atoms with E-state index in [0.29, 0.717) is 30.5 Å². The van der Waals surface area contributed by atoms with Crippen LogP contribution in [0.3, 0.4) is 0 Å². The zero-order chi connectivity index (χ0) is 18.4. The summed E-state index contributed by atoms with van der Waals surface area (Å²) in [5.74, 6) is 2.14. The van der Waals surface area contributed by atoms with E-state index >= 15 is 0 Å². The Balaban J connectivity index is 1.54. The number of hydrogen-bond acceptors (Lipinski definition) is 5. The molecule has 140 valence electrons. The molecule has 0 spiro atoms. The fraction of sp³-hybridized carbons (Fsp3) is 0.421. The molecular formula is C19H23ClN2O4. The maximum Gasteiger partial charge on any atom is 0.258 e. The summed E-state index contributed by atoms with van der Waals surface area (Å²) in [4.78, 5) is 14.4. The number of nitrogens with one attached hydrogen (secondary N) is 1. The van der Waals surface area contributed by atoms with Gasteiger partial charge in [0, 0.05) is 24.7 Å². The van der Waals surface area contributed by atoms with Crippen LogP contribution in [0.4, 0.5) is 0 Å². The third-order valence-electron chi connectivity index (χ3n) is 4.25. The summed E-state index contributed by atoms with van der Waals surface area (Å²) in [5, 5.41) is 3.57. The Morgan fingerprint density at radius 1 is 1.23 bits per heavy atom. The molecule has 0 bridgehead atoms. The standard InChI is InChI=1S/C19H23ClN2O4/c1-14-2-7-18(26-14)17(22-8-10-24-11-9-22)12-21-19(23)13-25-16-5-3-15(20)4-6-16/h2-7,17H,8-13H2,1H3,(H,21,23). The molecule has 7 heteroatoms. The van der Waals surface area contributed by atoms with Crippen LogP contribution in [-0.4, -0.2) is 50.3 Å². The predicted molar refractivity (Wildman–Crippen MR) is 98.5 cm³/mol. The van der Waals surface area contributed by atoms with E-state index in [0.717, 1.165) is 24.6 Å². The van der Waals surface area contributed by atoms with Gasteiger partial charge in [0.2, 0.25) is 0 Å². The lowest BCUT2D eigenvalue weighted by atomic mass is 10.1. The third kappa shape index (κ3) is 5.24. The Hall–Kier alpha value is -2.02. The Labute approximate surface area is 158 Å². The van der Waals surface area contributed by atoms with Gasteiger partial charge in [0.1, 0.15) is 17.3 Å². The van der Waals surface area contributed by atoms with E-state index in [1.165, 1.54) is 0 Å². The molecule has 1 aliphatic heterocycles. The van der Waals surface area contributed by atoms with Crippen molar-refractivity contribution in [3.05, 3.63) is 52.9 Å². The van der Waals surface area contributed by atoms with E-state index < -0.39 is 0 Å². The minimum Gasteiger partial charge on any atom is -0.484 e. The second kappa shape index (κ2) is 9.07. The molecule has 26 heavy (non-hydrogen) atoms. The summed E-state index contributed by atoms with van der Waals surface area (Å²) in [5.41, 5.74) is 0. The van der Waals surface area contributed by atoms with Crippen LogP contribution in [0.15, 0.2) is 40.8 Å². The Kier molecular flexibility index (Phi) is 6.55. The second-order valence-electron chi connectivity index (χ2n) is 6.16. The molecule has 1 fully saturated rings. The molecule has 1 amide bonds. The number of ether oxygens (including phenoxy) is 2. The largest absolute Gasteiger partial charge is 0.484 e. The molecule has 0 aliphatic carbocycles. The minimum absolute atomic E-state index is 0.0212. The van der Waals surface area contributed by atoms with Crippen LogP contribution in [0, 0.1) is 6.92 Å². The monoisotopic (exact) mass is 378 g/mol. The van der Waals surface area contributed by atoms with Crippen LogP contribution < -0.4 is 10.1 Å². The van der Waals surface area contributed by atoms with E-state index in [-0.39, 0.29) is 18.6 Å². The first-order chi connectivity index (χ1) is 12.6. The van der Waals surface area contributed by atoms with Gasteiger partial charge in [0.15, 0.2) is 6.61 Å². The smallest absolute Gasteiger partial charge is 0.258 e. The molecule has 1 unspecified atom stereocenters. The van der Waals surface area contributed by atoms with E-state index in [1.54, 1.807) is 24.3 Å². The lowest BCUT2D eigenvalue weighted by Gasteiger charge is -2.33. The van der Waals surface area contributed by atoms with Gasteiger partial charge in [-0.1, -0.05) is 11.6 Å². The van der Waals surface area contributed by atoms with E-state index in [9.17, 15) is 4.79 Å². The van der Waals surface area contributed by atoms with Gasteiger partial charge in [-0.15, -0.1) is 0 Å². The molecule has 0 saturated carbocycles. The molecule has 2 heterocycles. The van der Waals surface area contributed by atoms with E-state index in [2.05, 4.69) is 10.2 Å². The first-order valence-corrected chi connectivity index (χ1v) is 9.03. The maximum atomic E-state index is 12.2. The lowest BCUT2D eigenvalue weighted by Crippen LogP contribution is -2.44. The number of carbonyl (C=O) groups is 1. The predicted octanol–water partition coefficient (Wildman–Crippen LogP) is 2.81. The van der Waals surface area contributed by atoms with Gasteiger partial charge in [-0.25, -0.2) is 0 Å². The van der Waals surface area contributed by atoms with Crippen molar-refractivity contribution in [2.45, 2.75) is 13.0 Å². The van der Waals surface area contributed by atoms with Crippen molar-refractivity contribution in [3.8, 4) is 5.75 Å². The van der Waals surface area contributed by atoms with Crippen molar-refractivity contribution < 1.29 is 18.7 Å². The van der Waals surface area contributed by atoms with Crippen LogP contribution in [0.25, 0.3) is 0 Å². The number of benzene rings is 1. The van der Waals surface area contributed by atoms with Crippen molar-refractivity contribution in [2.75, 3.05) is 39.5 Å². The molecule has 2 aromatic rings. The number of morpholine rings is 1. The number of amides is 1. The minimum atomic E-state index is -0.179. The second-order valence-corrected chi connectivity index (χ2v) is 6.60. The lowest BCUT2D eigenvalue weighted by molar-refractivity contribution is -0.123. The molecule has 1 aromatic carbocycles. The Morgan fingerprint density at radius 3 is 2.62 bits per heavy atom. The quantitative estimate of drug-likeness (QED) is 0.802. The topological polar surface area (TPSA) is 63.9 Å². The first-order valence-electron chi connectivity index (χ1n) is 8.65. The highest BCUT2D eigenvalue weighted by molar-refractivity contribution is 6.30. The van der Waals surface area contributed by atoms with Gasteiger partial charge in [-0.05, 0) is 43.3 Å². The summed E-state index contributed by atoms with van der Waals surface area (Å²) in [6.45, 7) is 5.31. The van der Waals surface area contributed by atoms with Gasteiger partial charge in [-0.3, -0.25) is 9.69 Å². The Morgan fingerprint density at radius 2 is 1.96 bits per heavy atom. The van der Waals surface area contributed by atoms with Crippen LogP contribution in [0.5, 0.6) is 5.75 Å². The molecule has 1 N–H and O–H groups in total. The molecule has 3 rings (SSSR count). The number of hydrogen-bond donors (Lipinski definition) is 1. The fourth-order valence-corrected chi connectivity index (χ4v) is 3.00. The summed E-state index contributed by atoms with van der Waals surface area (Å²) in [6, 6.07) is 10.8. The SMILES string of the molecule is Cc1ccc(C(CNC(=O)COc2ccc(Cl)cc2)N2CCOCC2)o1. The van der Waals surface area contributed by atoms with Gasteiger partial charge in [0.05, 0.1) is 19.3 Å². The van der Waals surface area contributed by atoms with E-state index in [4.69, 9.17) is 25.5 Å². The van der Waals surface area contributed by atoms with Crippen LogP contribution in [-0.2, 0) is 9.53 Å². The van der Waals surface area contributed by atoms with Crippen molar-refractivity contribution in [1.29, 1.82) is 0 Å². The number of carbonyl (C=O) groups excluding carboxylic acids is 1. The zero-order valence-electron chi connectivity index (χ0n) is 14.7. The molecule has 1 atom stereocenters. The normalized spacial score (nSPS) is 16.2. The van der Waals surface area contributed by atoms with Crippen LogP contribution in [0.2, 0.25) is 5.02 Å². The maximum absolute atomic E-state index is 12.2. The highest BCUT2D eigenvalue weighted by atomic mass is 35.5. The van der Waals surface area contributed by atoms with E-state index in [1.807, 2.05) is 19.1 Å². The third-order valence-corrected chi connectivity index (χ3v) is 4.50.